The van der Waals surface area contributed by atoms with E-state index in [1.54, 1.807) is 0 Å². The van der Waals surface area contributed by atoms with Crippen LogP contribution in [-0.2, 0) is 4.79 Å². The highest BCUT2D eigenvalue weighted by molar-refractivity contribution is 7.97. The summed E-state index contributed by atoms with van der Waals surface area (Å²) in [4.78, 5) is 12.6. The molecule has 2 heterocycles. The number of likely N-dealkylation sites (tertiary alicyclic amines) is 1. The van der Waals surface area contributed by atoms with Crippen molar-refractivity contribution in [2.24, 2.45) is 5.92 Å². The summed E-state index contributed by atoms with van der Waals surface area (Å²) >= 11 is 2.11. The molecule has 4 nitrogen and oxygen atoms in total. The Morgan fingerprint density at radius 2 is 1.59 bits per heavy atom. The van der Waals surface area contributed by atoms with E-state index in [-0.39, 0.29) is 0 Å². The van der Waals surface area contributed by atoms with E-state index in [2.05, 4.69) is 33.5 Å². The van der Waals surface area contributed by atoms with Gasteiger partial charge in [-0.2, -0.15) is 0 Å². The van der Waals surface area contributed by atoms with Crippen LogP contribution in [0.4, 0.5) is 0 Å². The van der Waals surface area contributed by atoms with Gasteiger partial charge in [-0.1, -0.05) is 31.2 Å². The van der Waals surface area contributed by atoms with Crippen molar-refractivity contribution in [1.82, 2.24) is 14.5 Å². The molecule has 2 saturated heterocycles. The van der Waals surface area contributed by atoms with E-state index >= 15 is 0 Å². The summed E-state index contributed by atoms with van der Waals surface area (Å²) in [5.74, 6) is 0.406. The molecular weight excluding hydrogens is 294 g/mol. The normalized spacial score (nSPS) is 26.2. The minimum absolute atomic E-state index is 0.406. The summed E-state index contributed by atoms with van der Waals surface area (Å²) in [6.45, 7) is 7.33. The van der Waals surface area contributed by atoms with Gasteiger partial charge in [0.1, 0.15) is 6.29 Å². The Labute approximate surface area is 140 Å². The molecule has 0 aromatic carbocycles. The fraction of sp³-hybridized carbons (Fsp3) is 0.941. The number of carbonyl (C=O) groups excluding carboxylic acids is 1. The molecule has 0 amide bonds. The number of hydrogen-bond donors (Lipinski definition) is 1. The van der Waals surface area contributed by atoms with Gasteiger partial charge in [0.15, 0.2) is 0 Å². The minimum Gasteiger partial charge on any atom is -0.314 e. The van der Waals surface area contributed by atoms with E-state index in [9.17, 15) is 4.79 Å². The lowest BCUT2D eigenvalue weighted by molar-refractivity contribution is -0.111. The molecule has 0 atom stereocenters. The molecule has 0 bridgehead atoms. The predicted octanol–water partition coefficient (Wildman–Crippen LogP) is 2.40. The SMILES string of the molecule is CN1CCC(SN2CCNCC2)CC1.O=CC1CCCCC1. The van der Waals surface area contributed by atoms with Gasteiger partial charge in [0.25, 0.3) is 0 Å². The molecule has 2 aliphatic heterocycles. The number of hydrogen-bond acceptors (Lipinski definition) is 5. The molecule has 1 saturated carbocycles. The highest BCUT2D eigenvalue weighted by atomic mass is 32.2. The molecule has 1 aliphatic carbocycles. The highest BCUT2D eigenvalue weighted by Crippen LogP contribution is 2.26. The Bertz CT molecular complexity index is 296. The van der Waals surface area contributed by atoms with Crippen molar-refractivity contribution in [2.45, 2.75) is 50.2 Å². The van der Waals surface area contributed by atoms with Gasteiger partial charge in [-0.15, -0.1) is 0 Å². The fourth-order valence-corrected chi connectivity index (χ4v) is 4.56. The maximum Gasteiger partial charge on any atom is 0.123 e. The van der Waals surface area contributed by atoms with Crippen molar-refractivity contribution in [2.75, 3.05) is 46.3 Å². The van der Waals surface area contributed by atoms with Crippen LogP contribution in [0.15, 0.2) is 0 Å². The van der Waals surface area contributed by atoms with E-state index in [0.717, 1.165) is 24.4 Å². The molecule has 0 aromatic heterocycles. The molecule has 1 N–H and O–H groups in total. The second-order valence-corrected chi connectivity index (χ2v) is 8.22. The van der Waals surface area contributed by atoms with Crippen molar-refractivity contribution < 1.29 is 4.79 Å². The predicted molar refractivity (Wildman–Crippen MR) is 95.2 cm³/mol. The van der Waals surface area contributed by atoms with Crippen LogP contribution in [0.1, 0.15) is 44.9 Å². The maximum atomic E-state index is 10.2. The number of carbonyl (C=O) groups is 1. The number of aldehydes is 1. The summed E-state index contributed by atoms with van der Waals surface area (Å²) in [7, 11) is 2.23. The number of nitrogens with zero attached hydrogens (tertiary/aromatic N) is 2. The third-order valence-electron chi connectivity index (χ3n) is 4.88. The molecular formula is C17H33N3OS. The van der Waals surface area contributed by atoms with E-state index in [4.69, 9.17) is 0 Å². The van der Waals surface area contributed by atoms with E-state index in [0.29, 0.717) is 5.92 Å². The summed E-state index contributed by atoms with van der Waals surface area (Å²) in [6, 6.07) is 0. The topological polar surface area (TPSA) is 35.6 Å². The smallest absolute Gasteiger partial charge is 0.123 e. The van der Waals surface area contributed by atoms with Crippen LogP contribution < -0.4 is 5.32 Å². The van der Waals surface area contributed by atoms with Crippen LogP contribution in [0, 0.1) is 5.92 Å². The number of piperazine rings is 1. The largest absolute Gasteiger partial charge is 0.314 e. The molecule has 3 fully saturated rings. The molecule has 0 radical (unpaired) electrons. The van der Waals surface area contributed by atoms with Gasteiger partial charge < -0.3 is 15.0 Å². The first-order chi connectivity index (χ1) is 10.8. The van der Waals surface area contributed by atoms with E-state index < -0.39 is 0 Å². The van der Waals surface area contributed by atoms with Gasteiger partial charge in [-0.05, 0) is 45.8 Å². The van der Waals surface area contributed by atoms with Crippen molar-refractivity contribution in [3.8, 4) is 0 Å². The van der Waals surface area contributed by atoms with E-state index in [1.807, 2.05) is 0 Å². The Hall–Kier alpha value is -0.100. The highest BCUT2D eigenvalue weighted by Gasteiger charge is 2.21. The summed E-state index contributed by atoms with van der Waals surface area (Å²) < 4.78 is 2.55. The fourth-order valence-electron chi connectivity index (χ4n) is 3.32. The first-order valence-electron chi connectivity index (χ1n) is 9.04. The van der Waals surface area contributed by atoms with Crippen molar-refractivity contribution in [3.63, 3.8) is 0 Å². The van der Waals surface area contributed by atoms with Crippen LogP contribution in [0.5, 0.6) is 0 Å². The Balaban J connectivity index is 0.000000188. The number of piperidine rings is 1. The molecule has 22 heavy (non-hydrogen) atoms. The number of nitrogens with one attached hydrogen (secondary N) is 1. The summed E-state index contributed by atoms with van der Waals surface area (Å²) in [6.07, 6.45) is 10.00. The van der Waals surface area contributed by atoms with Crippen molar-refractivity contribution >= 4 is 18.2 Å². The molecule has 3 rings (SSSR count). The molecule has 5 heteroatoms. The number of rotatable bonds is 3. The summed E-state index contributed by atoms with van der Waals surface area (Å²) in [5, 5.41) is 4.27. The Morgan fingerprint density at radius 1 is 0.955 bits per heavy atom. The summed E-state index contributed by atoms with van der Waals surface area (Å²) in [5.41, 5.74) is 0. The molecule has 0 spiro atoms. The van der Waals surface area contributed by atoms with Gasteiger partial charge in [0, 0.05) is 37.3 Å². The zero-order chi connectivity index (χ0) is 15.6. The maximum absolute atomic E-state index is 10.2. The van der Waals surface area contributed by atoms with Gasteiger partial charge in [-0.3, -0.25) is 0 Å². The van der Waals surface area contributed by atoms with E-state index in [1.165, 1.54) is 71.4 Å². The quantitative estimate of drug-likeness (QED) is 0.636. The molecule has 3 aliphatic rings. The van der Waals surface area contributed by atoms with Crippen LogP contribution in [0.25, 0.3) is 0 Å². The lowest BCUT2D eigenvalue weighted by Crippen LogP contribution is -2.42. The van der Waals surface area contributed by atoms with Crippen molar-refractivity contribution in [3.05, 3.63) is 0 Å². The zero-order valence-corrected chi connectivity index (χ0v) is 15.0. The van der Waals surface area contributed by atoms with Gasteiger partial charge in [-0.25, -0.2) is 4.31 Å². The van der Waals surface area contributed by atoms with Crippen LogP contribution in [0.2, 0.25) is 0 Å². The Kier molecular flexibility index (Phi) is 8.82. The molecule has 0 aromatic rings. The van der Waals surface area contributed by atoms with Crippen LogP contribution >= 0.6 is 11.9 Å². The lowest BCUT2D eigenvalue weighted by Gasteiger charge is -2.34. The van der Waals surface area contributed by atoms with Gasteiger partial charge >= 0.3 is 0 Å². The molecule has 0 unspecified atom stereocenters. The second-order valence-electron chi connectivity index (χ2n) is 6.82. The monoisotopic (exact) mass is 327 g/mol. The first kappa shape index (κ1) is 18.2. The minimum atomic E-state index is 0.406. The van der Waals surface area contributed by atoms with Crippen molar-refractivity contribution in [1.29, 1.82) is 0 Å². The van der Waals surface area contributed by atoms with Crippen LogP contribution in [-0.4, -0.2) is 67.1 Å². The third-order valence-corrected chi connectivity index (χ3v) is 6.31. The lowest BCUT2D eigenvalue weighted by atomic mass is 9.91. The first-order valence-corrected chi connectivity index (χ1v) is 9.88. The average molecular weight is 328 g/mol. The Morgan fingerprint density at radius 3 is 2.14 bits per heavy atom. The third kappa shape index (κ3) is 6.99. The van der Waals surface area contributed by atoms with Gasteiger partial charge in [0.2, 0.25) is 0 Å². The average Bonchev–Trinajstić information content (AvgIpc) is 2.59. The zero-order valence-electron chi connectivity index (χ0n) is 14.1. The van der Waals surface area contributed by atoms with Gasteiger partial charge in [0.05, 0.1) is 0 Å². The standard InChI is InChI=1S/C10H21N3S.C7H12O/c1-12-6-2-10(3-7-12)14-13-8-4-11-5-9-13;8-6-7-4-2-1-3-5-7/h10-11H,2-9H2,1H3;6-7H,1-5H2. The van der Waals surface area contributed by atoms with Crippen LogP contribution in [0.3, 0.4) is 0 Å². The molecule has 128 valence electrons. The second kappa shape index (κ2) is 10.6.